The van der Waals surface area contributed by atoms with Crippen LogP contribution >= 0.6 is 0 Å². The molecule has 0 unspecified atom stereocenters. The Hall–Kier alpha value is -3.50. The molecular formula is C24H23NO7S2. The average molecular weight is 502 g/mol. The van der Waals surface area contributed by atoms with Crippen molar-refractivity contribution in [2.24, 2.45) is 0 Å². The predicted molar refractivity (Wildman–Crippen MR) is 126 cm³/mol. The minimum absolute atomic E-state index is 0.142. The number of carboxylic acid groups (broad SMARTS) is 1. The molecule has 0 aliphatic carbocycles. The molecule has 0 aliphatic rings. The summed E-state index contributed by atoms with van der Waals surface area (Å²) in [4.78, 5) is 24.4. The number of sulfone groups is 2. The molecule has 3 aromatic rings. The summed E-state index contributed by atoms with van der Waals surface area (Å²) in [5, 5.41) is 12.3. The summed E-state index contributed by atoms with van der Waals surface area (Å²) in [6.45, 7) is 1.09. The fourth-order valence-corrected chi connectivity index (χ4v) is 8.13. The molecule has 0 heterocycles. The molecule has 34 heavy (non-hydrogen) atoms. The second kappa shape index (κ2) is 9.78. The van der Waals surface area contributed by atoms with E-state index in [9.17, 15) is 31.5 Å². The smallest absolute Gasteiger partial charge is 0.329 e. The van der Waals surface area contributed by atoms with E-state index < -0.39 is 48.1 Å². The van der Waals surface area contributed by atoms with Crippen LogP contribution < -0.4 is 5.32 Å². The monoisotopic (exact) mass is 501 g/mol. The van der Waals surface area contributed by atoms with Gasteiger partial charge < -0.3 is 10.4 Å². The van der Waals surface area contributed by atoms with Crippen molar-refractivity contribution in [3.63, 3.8) is 0 Å². The average Bonchev–Trinajstić information content (AvgIpc) is 2.84. The lowest BCUT2D eigenvalue weighted by Gasteiger charge is -2.30. The van der Waals surface area contributed by atoms with E-state index in [1.165, 1.54) is 60.7 Å². The van der Waals surface area contributed by atoms with E-state index in [0.717, 1.165) is 6.92 Å². The van der Waals surface area contributed by atoms with Crippen LogP contribution in [0.4, 0.5) is 0 Å². The van der Waals surface area contributed by atoms with Crippen LogP contribution in [0.2, 0.25) is 0 Å². The van der Waals surface area contributed by atoms with Crippen molar-refractivity contribution >= 4 is 31.6 Å². The van der Waals surface area contributed by atoms with Crippen molar-refractivity contribution < 1.29 is 31.5 Å². The molecule has 3 rings (SSSR count). The zero-order valence-corrected chi connectivity index (χ0v) is 19.8. The van der Waals surface area contributed by atoms with E-state index in [1.54, 1.807) is 30.3 Å². The lowest BCUT2D eigenvalue weighted by molar-refractivity contribution is -0.143. The van der Waals surface area contributed by atoms with Gasteiger partial charge in [0.25, 0.3) is 5.91 Å². The summed E-state index contributed by atoms with van der Waals surface area (Å²) in [5.74, 6) is -2.35. The zero-order chi connectivity index (χ0) is 25.0. The minimum Gasteiger partial charge on any atom is -0.480 e. The van der Waals surface area contributed by atoms with Gasteiger partial charge in [-0.2, -0.15) is 0 Å². The van der Waals surface area contributed by atoms with E-state index in [4.69, 9.17) is 0 Å². The van der Waals surface area contributed by atoms with Gasteiger partial charge >= 0.3 is 5.97 Å². The van der Waals surface area contributed by atoms with Crippen molar-refractivity contribution in [1.29, 1.82) is 0 Å². The highest BCUT2D eigenvalue weighted by Crippen LogP contribution is 2.32. The number of hydrogen-bond donors (Lipinski definition) is 2. The highest BCUT2D eigenvalue weighted by molar-refractivity contribution is 8.09. The highest BCUT2D eigenvalue weighted by atomic mass is 32.3. The molecular weight excluding hydrogens is 478 g/mol. The quantitative estimate of drug-likeness (QED) is 0.460. The molecule has 8 nitrogen and oxygen atoms in total. The number of amides is 1. The Morgan fingerprint density at radius 2 is 1.15 bits per heavy atom. The van der Waals surface area contributed by atoms with Crippen LogP contribution in [0.25, 0.3) is 0 Å². The van der Waals surface area contributed by atoms with Gasteiger partial charge in [-0.15, -0.1) is 0 Å². The molecule has 0 aliphatic heterocycles. The van der Waals surface area contributed by atoms with Gasteiger partial charge in [0.15, 0.2) is 24.3 Å². The van der Waals surface area contributed by atoms with Crippen LogP contribution in [0.1, 0.15) is 23.7 Å². The lowest BCUT2D eigenvalue weighted by atomic mass is 9.98. The highest BCUT2D eigenvalue weighted by Gasteiger charge is 2.48. The van der Waals surface area contributed by atoms with Gasteiger partial charge in [-0.1, -0.05) is 54.6 Å². The molecule has 0 fully saturated rings. The SMILES string of the molecule is C[C@](CC(S(=O)(=O)c1ccccc1)S(=O)(=O)c1ccccc1)(NC(=O)c1ccccc1)C(=O)O. The van der Waals surface area contributed by atoms with Gasteiger partial charge in [0.2, 0.25) is 0 Å². The number of carbonyl (C=O) groups excluding carboxylic acids is 1. The molecule has 10 heteroatoms. The Morgan fingerprint density at radius 1 is 0.765 bits per heavy atom. The van der Waals surface area contributed by atoms with Crippen molar-refractivity contribution in [2.75, 3.05) is 0 Å². The molecule has 2 N–H and O–H groups in total. The summed E-state index contributed by atoms with van der Waals surface area (Å²) in [7, 11) is -9.15. The summed E-state index contributed by atoms with van der Waals surface area (Å²) in [6, 6.07) is 21.6. The van der Waals surface area contributed by atoms with E-state index in [1.807, 2.05) is 0 Å². The largest absolute Gasteiger partial charge is 0.480 e. The van der Waals surface area contributed by atoms with Crippen LogP contribution in [0.15, 0.2) is 101 Å². The number of aliphatic carboxylic acids is 1. The van der Waals surface area contributed by atoms with Crippen molar-refractivity contribution in [2.45, 2.75) is 33.3 Å². The lowest BCUT2D eigenvalue weighted by Crippen LogP contribution is -2.55. The number of carboxylic acids is 1. The number of nitrogens with one attached hydrogen (secondary N) is 1. The van der Waals surface area contributed by atoms with E-state index >= 15 is 0 Å². The van der Waals surface area contributed by atoms with Gasteiger partial charge in [0, 0.05) is 12.0 Å². The zero-order valence-electron chi connectivity index (χ0n) is 18.2. The molecule has 1 amide bonds. The molecule has 0 spiro atoms. The third kappa shape index (κ3) is 5.18. The van der Waals surface area contributed by atoms with Crippen LogP contribution in [0.5, 0.6) is 0 Å². The molecule has 0 radical (unpaired) electrons. The fraction of sp³-hybridized carbons (Fsp3) is 0.167. The van der Waals surface area contributed by atoms with Gasteiger partial charge in [-0.3, -0.25) is 4.79 Å². The summed E-state index contributed by atoms with van der Waals surface area (Å²) < 4.78 is 51.9. The second-order valence-electron chi connectivity index (χ2n) is 7.81. The minimum atomic E-state index is -4.58. The third-order valence-electron chi connectivity index (χ3n) is 5.31. The molecule has 178 valence electrons. The van der Waals surface area contributed by atoms with Crippen LogP contribution in [-0.2, 0) is 24.5 Å². The molecule has 0 aromatic heterocycles. The Bertz CT molecular complexity index is 1310. The Morgan fingerprint density at radius 3 is 1.53 bits per heavy atom. The van der Waals surface area contributed by atoms with E-state index in [2.05, 4.69) is 5.32 Å². The Labute approximate surface area is 198 Å². The molecule has 0 saturated heterocycles. The number of benzene rings is 3. The van der Waals surface area contributed by atoms with Crippen LogP contribution in [-0.4, -0.2) is 43.9 Å². The van der Waals surface area contributed by atoms with Gasteiger partial charge in [0.05, 0.1) is 9.79 Å². The van der Waals surface area contributed by atoms with Crippen LogP contribution in [0, 0.1) is 0 Å². The first kappa shape index (κ1) is 25.1. The maximum absolute atomic E-state index is 13.5. The van der Waals surface area contributed by atoms with Crippen LogP contribution in [0.3, 0.4) is 0 Å². The van der Waals surface area contributed by atoms with Gasteiger partial charge in [-0.05, 0) is 43.3 Å². The number of rotatable bonds is 9. The first-order chi connectivity index (χ1) is 16.0. The topological polar surface area (TPSA) is 135 Å². The summed E-state index contributed by atoms with van der Waals surface area (Å²) in [6.07, 6.45) is -0.921. The van der Waals surface area contributed by atoms with Crippen molar-refractivity contribution in [3.8, 4) is 0 Å². The normalized spacial score (nSPS) is 13.7. The van der Waals surface area contributed by atoms with Crippen molar-refractivity contribution in [1.82, 2.24) is 5.32 Å². The Kier molecular flexibility index (Phi) is 7.23. The van der Waals surface area contributed by atoms with E-state index in [-0.39, 0.29) is 15.4 Å². The van der Waals surface area contributed by atoms with Gasteiger partial charge in [0.1, 0.15) is 5.54 Å². The first-order valence-electron chi connectivity index (χ1n) is 10.2. The molecule has 1 atom stereocenters. The predicted octanol–water partition coefficient (Wildman–Crippen LogP) is 2.92. The van der Waals surface area contributed by atoms with Gasteiger partial charge in [-0.25, -0.2) is 21.6 Å². The molecule has 3 aromatic carbocycles. The maximum Gasteiger partial charge on any atom is 0.329 e. The number of hydrogen-bond acceptors (Lipinski definition) is 6. The van der Waals surface area contributed by atoms with Crippen molar-refractivity contribution in [3.05, 3.63) is 96.6 Å². The Balaban J connectivity index is 2.12. The van der Waals surface area contributed by atoms with E-state index in [0.29, 0.717) is 0 Å². The number of carbonyl (C=O) groups is 2. The molecule has 0 saturated carbocycles. The molecule has 0 bridgehead atoms. The fourth-order valence-electron chi connectivity index (χ4n) is 3.35. The summed E-state index contributed by atoms with van der Waals surface area (Å²) in [5.41, 5.74) is -2.08. The summed E-state index contributed by atoms with van der Waals surface area (Å²) >= 11 is 0. The second-order valence-corrected chi connectivity index (χ2v) is 12.4. The first-order valence-corrected chi connectivity index (χ1v) is 13.3. The standard InChI is InChI=1S/C24H23NO7S2/c1-24(23(27)28,25-22(26)18-11-5-2-6-12-18)17-21(33(29,30)19-13-7-3-8-14-19)34(31,32)20-15-9-4-10-16-20/h2-16,21H,17H2,1H3,(H,25,26)(H,27,28)/t24-/m1/s1. The maximum atomic E-state index is 13.5. The third-order valence-corrected chi connectivity index (χ3v) is 10.4.